The van der Waals surface area contributed by atoms with Crippen LogP contribution in [0.2, 0.25) is 0 Å². The van der Waals surface area contributed by atoms with Crippen LogP contribution in [0.25, 0.3) is 10.9 Å². The summed E-state index contributed by atoms with van der Waals surface area (Å²) in [6.45, 7) is 8.52. The number of aryl methyl sites for hydroxylation is 1. The molecule has 2 N–H and O–H groups in total. The molecule has 6 heteroatoms. The number of aromatic amines is 1. The Bertz CT molecular complexity index is 925. The van der Waals surface area contributed by atoms with Gasteiger partial charge in [0.05, 0.1) is 42.5 Å². The highest BCUT2D eigenvalue weighted by atomic mass is 16.5. The third-order valence-corrected chi connectivity index (χ3v) is 5.79. The van der Waals surface area contributed by atoms with Crippen molar-refractivity contribution in [3.05, 3.63) is 28.5 Å². The van der Waals surface area contributed by atoms with Crippen molar-refractivity contribution in [1.82, 2.24) is 4.98 Å². The van der Waals surface area contributed by atoms with Crippen LogP contribution in [0, 0.1) is 24.2 Å². The third kappa shape index (κ3) is 2.96. The summed E-state index contributed by atoms with van der Waals surface area (Å²) in [6.07, 6.45) is 1.58. The summed E-state index contributed by atoms with van der Waals surface area (Å²) in [5, 5.41) is 20.6. The van der Waals surface area contributed by atoms with Gasteiger partial charge in [0.25, 0.3) is 0 Å². The summed E-state index contributed by atoms with van der Waals surface area (Å²) in [4.78, 5) is 15.8. The molecule has 1 aliphatic rings. The number of aromatic nitrogens is 1. The molecule has 144 valence electrons. The Morgan fingerprint density at radius 2 is 2.26 bits per heavy atom. The molecule has 2 atom stereocenters. The molecule has 6 nitrogen and oxygen atoms in total. The van der Waals surface area contributed by atoms with Crippen LogP contribution in [0.3, 0.4) is 0 Å². The fraction of sp³-hybridized carbons (Fsp3) is 0.524. The largest absolute Gasteiger partial charge is 0.508 e. The lowest BCUT2D eigenvalue weighted by molar-refractivity contribution is -0.160. The lowest BCUT2D eigenvalue weighted by atomic mass is 9.77. The second-order valence-corrected chi connectivity index (χ2v) is 7.19. The maximum Gasteiger partial charge on any atom is 0.309 e. The smallest absolute Gasteiger partial charge is 0.309 e. The van der Waals surface area contributed by atoms with Crippen LogP contribution in [-0.4, -0.2) is 29.3 Å². The van der Waals surface area contributed by atoms with E-state index in [4.69, 9.17) is 9.47 Å². The van der Waals surface area contributed by atoms with Crippen LogP contribution in [-0.2, 0) is 26.3 Å². The molecule has 0 radical (unpaired) electrons. The zero-order valence-electron chi connectivity index (χ0n) is 16.3. The van der Waals surface area contributed by atoms with Crippen molar-refractivity contribution in [3.63, 3.8) is 0 Å². The summed E-state index contributed by atoms with van der Waals surface area (Å²) < 4.78 is 11.5. The second kappa shape index (κ2) is 7.24. The van der Waals surface area contributed by atoms with E-state index in [0.29, 0.717) is 30.8 Å². The highest BCUT2D eigenvalue weighted by Crippen LogP contribution is 2.47. The Hall–Kier alpha value is -2.52. The average molecular weight is 370 g/mol. The first kappa shape index (κ1) is 19.2. The van der Waals surface area contributed by atoms with E-state index in [-0.39, 0.29) is 24.1 Å². The van der Waals surface area contributed by atoms with Crippen LogP contribution in [0.5, 0.6) is 5.75 Å². The number of rotatable bonds is 5. The van der Waals surface area contributed by atoms with Gasteiger partial charge in [0, 0.05) is 10.9 Å². The monoisotopic (exact) mass is 370 g/mol. The van der Waals surface area contributed by atoms with Crippen molar-refractivity contribution in [2.45, 2.75) is 52.6 Å². The number of esters is 1. The lowest BCUT2D eigenvalue weighted by Gasteiger charge is -2.41. The van der Waals surface area contributed by atoms with Crippen molar-refractivity contribution in [2.24, 2.45) is 5.92 Å². The first-order chi connectivity index (χ1) is 12.9. The zero-order valence-corrected chi connectivity index (χ0v) is 16.3. The fourth-order valence-electron chi connectivity index (χ4n) is 4.13. The molecule has 0 aliphatic carbocycles. The first-order valence-corrected chi connectivity index (χ1v) is 9.46. The summed E-state index contributed by atoms with van der Waals surface area (Å²) in [7, 11) is 0. The molecule has 0 bridgehead atoms. The number of ether oxygens (including phenoxy) is 2. The molecule has 1 unspecified atom stereocenters. The number of nitrogens with zero attached hydrogens (tertiary/aromatic N) is 1. The summed E-state index contributed by atoms with van der Waals surface area (Å²) in [6, 6.07) is 3.70. The predicted molar refractivity (Wildman–Crippen MR) is 101 cm³/mol. The molecule has 1 aromatic carbocycles. The van der Waals surface area contributed by atoms with E-state index in [9.17, 15) is 15.2 Å². The van der Waals surface area contributed by atoms with E-state index < -0.39 is 5.60 Å². The Balaban J connectivity index is 2.29. The molecule has 2 heterocycles. The summed E-state index contributed by atoms with van der Waals surface area (Å²) in [5.41, 5.74) is 2.85. The summed E-state index contributed by atoms with van der Waals surface area (Å²) in [5.74, 6) is -0.157. The van der Waals surface area contributed by atoms with Crippen LogP contribution in [0.15, 0.2) is 6.07 Å². The van der Waals surface area contributed by atoms with Crippen LogP contribution in [0.1, 0.15) is 56.0 Å². The number of phenolic OH excluding ortho intramolecular Hbond substituents is 1. The normalized spacial score (nSPS) is 20.1. The van der Waals surface area contributed by atoms with Crippen LogP contribution in [0.4, 0.5) is 0 Å². The molecule has 0 spiro atoms. The Morgan fingerprint density at radius 1 is 1.52 bits per heavy atom. The van der Waals surface area contributed by atoms with Gasteiger partial charge < -0.3 is 19.6 Å². The Morgan fingerprint density at radius 3 is 2.89 bits per heavy atom. The van der Waals surface area contributed by atoms with Gasteiger partial charge in [-0.15, -0.1) is 0 Å². The molecule has 0 saturated carbocycles. The Labute approximate surface area is 159 Å². The molecule has 0 amide bonds. The van der Waals surface area contributed by atoms with Crippen molar-refractivity contribution in [3.8, 4) is 11.8 Å². The molecule has 0 saturated heterocycles. The highest BCUT2D eigenvalue weighted by Gasteiger charge is 2.46. The third-order valence-electron chi connectivity index (χ3n) is 5.79. The number of aromatic hydroxyl groups is 1. The number of nitrogens with one attached hydrogen (secondary N) is 1. The molecule has 1 aliphatic heterocycles. The van der Waals surface area contributed by atoms with Crippen molar-refractivity contribution < 1.29 is 19.4 Å². The fourth-order valence-corrected chi connectivity index (χ4v) is 4.13. The van der Waals surface area contributed by atoms with E-state index in [0.717, 1.165) is 28.6 Å². The van der Waals surface area contributed by atoms with Gasteiger partial charge in [0.15, 0.2) is 0 Å². The highest BCUT2D eigenvalue weighted by molar-refractivity contribution is 5.94. The predicted octanol–water partition coefficient (Wildman–Crippen LogP) is 3.82. The van der Waals surface area contributed by atoms with Crippen molar-refractivity contribution >= 4 is 16.9 Å². The second-order valence-electron chi connectivity index (χ2n) is 7.19. The molecule has 0 fully saturated rings. The van der Waals surface area contributed by atoms with Crippen molar-refractivity contribution in [1.29, 1.82) is 5.26 Å². The number of carbonyl (C=O) groups excluding carboxylic acids is 1. The molecular weight excluding hydrogens is 344 g/mol. The number of phenols is 1. The van der Waals surface area contributed by atoms with Gasteiger partial charge in [-0.25, -0.2) is 0 Å². The quantitative estimate of drug-likeness (QED) is 0.780. The molecular formula is C21H26N2O4. The molecule has 3 rings (SSSR count). The first-order valence-electron chi connectivity index (χ1n) is 9.46. The number of fused-ring (bicyclic) bond motifs is 3. The van der Waals surface area contributed by atoms with Gasteiger partial charge in [-0.05, 0) is 37.8 Å². The minimum atomic E-state index is -0.831. The average Bonchev–Trinajstić information content (AvgIpc) is 3.05. The maximum atomic E-state index is 12.4. The SMILES string of the molecule is CCOC(=O)C[C@]1(C(C)CC)OCCc2c1[nH]c1c(C)c(O)cc(C#N)c21. The van der Waals surface area contributed by atoms with Gasteiger partial charge in [-0.3, -0.25) is 4.79 Å². The number of carbonyl (C=O) groups is 1. The maximum absolute atomic E-state index is 12.4. The van der Waals surface area contributed by atoms with E-state index in [2.05, 4.69) is 24.9 Å². The van der Waals surface area contributed by atoms with Gasteiger partial charge in [-0.2, -0.15) is 5.26 Å². The number of nitriles is 1. The summed E-state index contributed by atoms with van der Waals surface area (Å²) >= 11 is 0. The van der Waals surface area contributed by atoms with E-state index in [1.165, 1.54) is 6.07 Å². The number of H-pyrrole nitrogens is 1. The van der Waals surface area contributed by atoms with Crippen LogP contribution < -0.4 is 0 Å². The van der Waals surface area contributed by atoms with Crippen LogP contribution >= 0.6 is 0 Å². The van der Waals surface area contributed by atoms with E-state index in [1.807, 2.05) is 6.92 Å². The number of hydrogen-bond acceptors (Lipinski definition) is 5. The minimum Gasteiger partial charge on any atom is -0.508 e. The lowest BCUT2D eigenvalue weighted by Crippen LogP contribution is -2.43. The Kier molecular flexibility index (Phi) is 5.16. The number of benzene rings is 1. The van der Waals surface area contributed by atoms with Gasteiger partial charge >= 0.3 is 5.97 Å². The van der Waals surface area contributed by atoms with Gasteiger partial charge in [0.1, 0.15) is 11.4 Å². The zero-order chi connectivity index (χ0) is 19.8. The molecule has 2 aromatic rings. The molecule has 27 heavy (non-hydrogen) atoms. The van der Waals surface area contributed by atoms with Gasteiger partial charge in [0.2, 0.25) is 0 Å². The van der Waals surface area contributed by atoms with Crippen molar-refractivity contribution in [2.75, 3.05) is 13.2 Å². The number of hydrogen-bond donors (Lipinski definition) is 2. The molecule has 1 aromatic heterocycles. The standard InChI is InChI=1S/C21H26N2O4/c1-5-12(3)21(10-17(25)26-6-2)20-15(7-8-27-21)18-14(11-22)9-16(24)13(4)19(18)23-20/h9,12,23-24H,5-8,10H2,1-4H3/t12?,21-/m1/s1. The van der Waals surface area contributed by atoms with E-state index >= 15 is 0 Å². The van der Waals surface area contributed by atoms with E-state index in [1.54, 1.807) is 6.92 Å². The minimum absolute atomic E-state index is 0.0634. The van der Waals surface area contributed by atoms with Gasteiger partial charge in [-0.1, -0.05) is 20.3 Å². The topological polar surface area (TPSA) is 95.3 Å².